The Labute approximate surface area is 131 Å². The summed E-state index contributed by atoms with van der Waals surface area (Å²) in [5.74, 6) is 0.183. The number of aryl methyl sites for hydroxylation is 1. The molecular formula is C18H25NOS. The second-order valence-corrected chi connectivity index (χ2v) is 6.46. The molecule has 0 unspecified atom stereocenters. The van der Waals surface area contributed by atoms with Crippen molar-refractivity contribution >= 4 is 27.3 Å². The number of hydrogen-bond acceptors (Lipinski definition) is 2. The second-order valence-electron chi connectivity index (χ2n) is 5.54. The average Bonchev–Trinajstić information content (AvgIpc) is 2.88. The number of carbonyl (C=O) groups is 1. The molecule has 0 atom stereocenters. The van der Waals surface area contributed by atoms with Crippen LogP contribution >= 0.6 is 11.3 Å². The monoisotopic (exact) mass is 303 g/mol. The maximum atomic E-state index is 11.6. The van der Waals surface area contributed by atoms with Crippen molar-refractivity contribution in [2.45, 2.75) is 52.4 Å². The Morgan fingerprint density at radius 3 is 2.81 bits per heavy atom. The molecule has 0 radical (unpaired) electrons. The fourth-order valence-corrected chi connectivity index (χ4v) is 3.51. The van der Waals surface area contributed by atoms with E-state index in [1.165, 1.54) is 27.6 Å². The molecule has 1 N–H and O–H groups in total. The number of nitrogens with one attached hydrogen (secondary N) is 1. The van der Waals surface area contributed by atoms with E-state index < -0.39 is 0 Å². The van der Waals surface area contributed by atoms with Crippen LogP contribution in [0.2, 0.25) is 0 Å². The minimum absolute atomic E-state index is 0.183. The summed E-state index contributed by atoms with van der Waals surface area (Å²) in [6.07, 6.45) is 5.95. The van der Waals surface area contributed by atoms with Crippen molar-refractivity contribution in [1.29, 1.82) is 0 Å². The molecule has 0 saturated heterocycles. The van der Waals surface area contributed by atoms with Gasteiger partial charge in [-0.3, -0.25) is 4.79 Å². The summed E-state index contributed by atoms with van der Waals surface area (Å²) in [5.41, 5.74) is 2.78. The number of benzene rings is 1. The molecule has 21 heavy (non-hydrogen) atoms. The number of fused-ring (bicyclic) bond motifs is 1. The fourth-order valence-electron chi connectivity index (χ4n) is 2.53. The van der Waals surface area contributed by atoms with Crippen LogP contribution in [0.4, 0.5) is 0 Å². The summed E-state index contributed by atoms with van der Waals surface area (Å²) in [5, 5.41) is 6.63. The van der Waals surface area contributed by atoms with Crippen molar-refractivity contribution in [3.8, 4) is 0 Å². The van der Waals surface area contributed by atoms with Crippen LogP contribution in [0.5, 0.6) is 0 Å². The zero-order valence-corrected chi connectivity index (χ0v) is 13.9. The van der Waals surface area contributed by atoms with Crippen LogP contribution in [0.15, 0.2) is 23.6 Å². The highest BCUT2D eigenvalue weighted by atomic mass is 32.1. The Bertz CT molecular complexity index is 588. The van der Waals surface area contributed by atoms with Crippen LogP contribution in [0.1, 0.15) is 50.7 Å². The number of rotatable bonds is 8. The van der Waals surface area contributed by atoms with Crippen LogP contribution in [0.25, 0.3) is 10.1 Å². The molecule has 114 valence electrons. The van der Waals surface area contributed by atoms with Gasteiger partial charge in [0.15, 0.2) is 0 Å². The van der Waals surface area contributed by atoms with Crippen molar-refractivity contribution in [2.75, 3.05) is 6.54 Å². The van der Waals surface area contributed by atoms with Gasteiger partial charge in [0.1, 0.15) is 0 Å². The predicted octanol–water partition coefficient (Wildman–Crippen LogP) is 4.70. The van der Waals surface area contributed by atoms with Crippen molar-refractivity contribution in [3.05, 3.63) is 34.7 Å². The molecular weight excluding hydrogens is 278 g/mol. The lowest BCUT2D eigenvalue weighted by Gasteiger charge is -2.05. The van der Waals surface area contributed by atoms with E-state index in [9.17, 15) is 4.79 Å². The molecule has 1 heterocycles. The molecule has 0 aliphatic heterocycles. The van der Waals surface area contributed by atoms with Gasteiger partial charge < -0.3 is 5.32 Å². The second kappa shape index (κ2) is 8.18. The van der Waals surface area contributed by atoms with E-state index in [4.69, 9.17) is 0 Å². The Kier molecular flexibility index (Phi) is 6.24. The quantitative estimate of drug-likeness (QED) is 0.752. The molecule has 0 aliphatic rings. The maximum Gasteiger partial charge on any atom is 0.220 e. The predicted molar refractivity (Wildman–Crippen MR) is 92.1 cm³/mol. The number of thiophene rings is 1. The molecule has 0 fully saturated rings. The van der Waals surface area contributed by atoms with E-state index in [0.717, 1.165) is 32.2 Å². The Morgan fingerprint density at radius 2 is 2.05 bits per heavy atom. The van der Waals surface area contributed by atoms with E-state index in [1.54, 1.807) is 11.3 Å². The van der Waals surface area contributed by atoms with Crippen LogP contribution in [0.3, 0.4) is 0 Å². The molecule has 0 bridgehead atoms. The summed E-state index contributed by atoms with van der Waals surface area (Å²) in [7, 11) is 0. The third-order valence-corrected chi connectivity index (χ3v) is 4.74. The molecule has 3 heteroatoms. The lowest BCUT2D eigenvalue weighted by molar-refractivity contribution is -0.121. The zero-order chi connectivity index (χ0) is 15.1. The van der Waals surface area contributed by atoms with Gasteiger partial charge in [0.25, 0.3) is 0 Å². The third kappa shape index (κ3) is 4.57. The smallest absolute Gasteiger partial charge is 0.220 e. The molecule has 1 aromatic heterocycles. The summed E-state index contributed by atoms with van der Waals surface area (Å²) in [4.78, 5) is 11.6. The zero-order valence-electron chi connectivity index (χ0n) is 13.1. The Hall–Kier alpha value is -1.35. The number of amides is 1. The first-order valence-corrected chi connectivity index (χ1v) is 8.88. The Balaban J connectivity index is 1.95. The number of hydrogen-bond donors (Lipinski definition) is 1. The van der Waals surface area contributed by atoms with Gasteiger partial charge in [-0.25, -0.2) is 0 Å². The van der Waals surface area contributed by atoms with Crippen molar-refractivity contribution in [3.63, 3.8) is 0 Å². The molecule has 0 aliphatic carbocycles. The van der Waals surface area contributed by atoms with Gasteiger partial charge in [-0.05, 0) is 47.2 Å². The lowest BCUT2D eigenvalue weighted by atomic mass is 10.0. The highest BCUT2D eigenvalue weighted by Gasteiger charge is 2.06. The summed E-state index contributed by atoms with van der Waals surface area (Å²) < 4.78 is 1.35. The number of carbonyl (C=O) groups excluding carboxylic acids is 1. The van der Waals surface area contributed by atoms with E-state index in [-0.39, 0.29) is 5.91 Å². The van der Waals surface area contributed by atoms with Crippen LogP contribution < -0.4 is 5.32 Å². The molecule has 1 amide bonds. The van der Waals surface area contributed by atoms with E-state index in [1.807, 2.05) is 0 Å². The SMILES string of the molecule is CCCCC(=O)NCCc1csc2ccc(CCC)cc12. The van der Waals surface area contributed by atoms with E-state index in [0.29, 0.717) is 6.42 Å². The molecule has 0 saturated carbocycles. The molecule has 2 rings (SSSR count). The fraction of sp³-hybridized carbons (Fsp3) is 0.500. The summed E-state index contributed by atoms with van der Waals surface area (Å²) in [6.45, 7) is 5.07. The third-order valence-electron chi connectivity index (χ3n) is 3.73. The van der Waals surface area contributed by atoms with E-state index in [2.05, 4.69) is 42.7 Å². The Morgan fingerprint density at radius 1 is 1.19 bits per heavy atom. The standard InChI is InChI=1S/C18H25NOS/c1-3-5-7-18(20)19-11-10-15-13-21-17-9-8-14(6-4-2)12-16(15)17/h8-9,12-13H,3-7,10-11H2,1-2H3,(H,19,20). The minimum Gasteiger partial charge on any atom is -0.356 e. The highest BCUT2D eigenvalue weighted by molar-refractivity contribution is 7.17. The van der Waals surface area contributed by atoms with Crippen LogP contribution in [0, 0.1) is 0 Å². The van der Waals surface area contributed by atoms with Crippen molar-refractivity contribution in [1.82, 2.24) is 5.32 Å². The van der Waals surface area contributed by atoms with Gasteiger partial charge in [-0.2, -0.15) is 0 Å². The first kappa shape index (κ1) is 16.0. The summed E-state index contributed by atoms with van der Waals surface area (Å²) >= 11 is 1.80. The molecule has 2 aromatic rings. The molecule has 1 aromatic carbocycles. The van der Waals surface area contributed by atoms with E-state index >= 15 is 0 Å². The largest absolute Gasteiger partial charge is 0.356 e. The molecule has 2 nitrogen and oxygen atoms in total. The van der Waals surface area contributed by atoms with Gasteiger partial charge in [-0.15, -0.1) is 11.3 Å². The van der Waals surface area contributed by atoms with Gasteiger partial charge in [0.2, 0.25) is 5.91 Å². The highest BCUT2D eigenvalue weighted by Crippen LogP contribution is 2.27. The van der Waals surface area contributed by atoms with Crippen molar-refractivity contribution < 1.29 is 4.79 Å². The maximum absolute atomic E-state index is 11.6. The molecule has 0 spiro atoms. The van der Waals surface area contributed by atoms with Gasteiger partial charge >= 0.3 is 0 Å². The van der Waals surface area contributed by atoms with Crippen LogP contribution in [-0.4, -0.2) is 12.5 Å². The first-order valence-electron chi connectivity index (χ1n) is 8.00. The number of unbranched alkanes of at least 4 members (excludes halogenated alkanes) is 1. The van der Waals surface area contributed by atoms with Gasteiger partial charge in [-0.1, -0.05) is 38.8 Å². The van der Waals surface area contributed by atoms with Crippen molar-refractivity contribution in [2.24, 2.45) is 0 Å². The topological polar surface area (TPSA) is 29.1 Å². The van der Waals surface area contributed by atoms with Gasteiger partial charge in [0.05, 0.1) is 0 Å². The average molecular weight is 303 g/mol. The minimum atomic E-state index is 0.183. The van der Waals surface area contributed by atoms with Crippen LogP contribution in [-0.2, 0) is 17.6 Å². The normalized spacial score (nSPS) is 11.0. The summed E-state index contributed by atoms with van der Waals surface area (Å²) in [6, 6.07) is 6.79. The van der Waals surface area contributed by atoms with Gasteiger partial charge in [0, 0.05) is 17.7 Å². The first-order chi connectivity index (χ1) is 10.2. The lowest BCUT2D eigenvalue weighted by Crippen LogP contribution is -2.25.